The second kappa shape index (κ2) is 6.80. The molecule has 2 aromatic rings. The molecule has 2 aromatic carbocycles. The summed E-state index contributed by atoms with van der Waals surface area (Å²) in [5.74, 6) is 1.33. The first kappa shape index (κ1) is 16.1. The number of rotatable bonds is 5. The average Bonchev–Trinajstić information content (AvgIpc) is 2.61. The molecule has 126 valence electrons. The summed E-state index contributed by atoms with van der Waals surface area (Å²) < 4.78 is 10.8. The number of benzene rings is 2. The van der Waals surface area contributed by atoms with Crippen molar-refractivity contribution in [2.24, 2.45) is 10.7 Å². The first-order valence-electron chi connectivity index (χ1n) is 7.78. The molecule has 6 nitrogen and oxygen atoms in total. The van der Waals surface area contributed by atoms with Gasteiger partial charge in [-0.2, -0.15) is 0 Å². The number of hydrogen-bond acceptors (Lipinski definition) is 6. The Hall–Kier alpha value is -2.73. The second-order valence-corrected chi connectivity index (χ2v) is 5.66. The van der Waals surface area contributed by atoms with Gasteiger partial charge in [-0.05, 0) is 30.2 Å². The fourth-order valence-corrected chi connectivity index (χ4v) is 2.78. The molecule has 0 amide bonds. The van der Waals surface area contributed by atoms with Crippen molar-refractivity contribution in [1.82, 2.24) is 0 Å². The minimum absolute atomic E-state index is 0.396. The van der Waals surface area contributed by atoms with Gasteiger partial charge in [0.1, 0.15) is 6.17 Å². The monoisotopic (exact) mass is 326 g/mol. The normalized spacial score (nSPS) is 16.0. The zero-order valence-corrected chi connectivity index (χ0v) is 13.9. The van der Waals surface area contributed by atoms with Crippen molar-refractivity contribution in [3.8, 4) is 11.5 Å². The summed E-state index contributed by atoms with van der Waals surface area (Å²) in [5.41, 5.74) is 15.7. The third kappa shape index (κ3) is 3.14. The predicted octanol–water partition coefficient (Wildman–Crippen LogP) is 2.33. The van der Waals surface area contributed by atoms with Crippen LogP contribution in [0.2, 0.25) is 0 Å². The molecule has 0 saturated carbocycles. The first-order chi connectivity index (χ1) is 11.6. The Morgan fingerprint density at radius 2 is 1.75 bits per heavy atom. The van der Waals surface area contributed by atoms with Crippen LogP contribution in [0.5, 0.6) is 11.5 Å². The third-order valence-corrected chi connectivity index (χ3v) is 4.15. The Labute approximate surface area is 141 Å². The number of aliphatic imine (C=N–C) groups is 1. The van der Waals surface area contributed by atoms with Gasteiger partial charge in [-0.25, -0.2) is 0 Å². The van der Waals surface area contributed by atoms with Gasteiger partial charge >= 0.3 is 0 Å². The van der Waals surface area contributed by atoms with Crippen LogP contribution >= 0.6 is 0 Å². The molecule has 0 fully saturated rings. The molecule has 1 aliphatic heterocycles. The highest BCUT2D eigenvalue weighted by Gasteiger charge is 2.22. The molecule has 0 aromatic heterocycles. The summed E-state index contributed by atoms with van der Waals surface area (Å²) in [5, 5.41) is 0. The Kier molecular flexibility index (Phi) is 4.57. The van der Waals surface area contributed by atoms with Gasteiger partial charge in [-0.15, -0.1) is 0 Å². The Morgan fingerprint density at radius 3 is 2.42 bits per heavy atom. The molecule has 1 unspecified atom stereocenters. The van der Waals surface area contributed by atoms with Crippen molar-refractivity contribution in [2.45, 2.75) is 12.6 Å². The number of nitrogens with two attached hydrogens (primary N) is 2. The fourth-order valence-electron chi connectivity index (χ4n) is 2.78. The molecule has 24 heavy (non-hydrogen) atoms. The van der Waals surface area contributed by atoms with Gasteiger partial charge in [0.15, 0.2) is 11.5 Å². The molecular formula is C18H22N4O2. The Morgan fingerprint density at radius 1 is 1.08 bits per heavy atom. The molecule has 4 N–H and O–H groups in total. The number of methoxy groups -OCH3 is 2. The van der Waals surface area contributed by atoms with Gasteiger partial charge in [-0.1, -0.05) is 12.1 Å². The quantitative estimate of drug-likeness (QED) is 0.824. The minimum Gasteiger partial charge on any atom is -0.493 e. The maximum atomic E-state index is 6.11. The van der Waals surface area contributed by atoms with Crippen LogP contribution < -0.4 is 25.8 Å². The van der Waals surface area contributed by atoms with E-state index in [4.69, 9.17) is 20.9 Å². The van der Waals surface area contributed by atoms with E-state index in [0.29, 0.717) is 11.5 Å². The number of nitrogen functional groups attached to an aromatic ring is 1. The lowest BCUT2D eigenvalue weighted by molar-refractivity contribution is 0.354. The van der Waals surface area contributed by atoms with Crippen LogP contribution in [0.3, 0.4) is 0 Å². The summed E-state index contributed by atoms with van der Waals surface area (Å²) in [6.07, 6.45) is 2.26. The Bertz CT molecular complexity index is 743. The van der Waals surface area contributed by atoms with Crippen molar-refractivity contribution in [3.63, 3.8) is 0 Å². The molecule has 1 aliphatic rings. The fraction of sp³-hybridized carbons (Fsp3) is 0.278. The number of nitrogens with zero attached hydrogens (tertiary/aromatic N) is 2. The zero-order chi connectivity index (χ0) is 17.1. The molecule has 0 bridgehead atoms. The minimum atomic E-state index is -0.396. The molecule has 3 rings (SSSR count). The van der Waals surface area contributed by atoms with E-state index in [0.717, 1.165) is 29.9 Å². The summed E-state index contributed by atoms with van der Waals surface area (Å²) in [6, 6.07) is 11.7. The second-order valence-electron chi connectivity index (χ2n) is 5.66. The van der Waals surface area contributed by atoms with E-state index in [1.54, 1.807) is 20.6 Å². The van der Waals surface area contributed by atoms with Gasteiger partial charge < -0.3 is 25.8 Å². The van der Waals surface area contributed by atoms with E-state index in [1.165, 1.54) is 5.56 Å². The highest BCUT2D eigenvalue weighted by molar-refractivity contribution is 5.84. The van der Waals surface area contributed by atoms with Crippen LogP contribution in [0.1, 0.15) is 17.3 Å². The predicted molar refractivity (Wildman–Crippen MR) is 96.9 cm³/mol. The summed E-state index contributed by atoms with van der Waals surface area (Å²) in [4.78, 5) is 6.45. The van der Waals surface area contributed by atoms with E-state index in [-0.39, 0.29) is 0 Å². The molecule has 1 atom stereocenters. The van der Waals surface area contributed by atoms with E-state index < -0.39 is 6.17 Å². The highest BCUT2D eigenvalue weighted by Crippen LogP contribution is 2.39. The summed E-state index contributed by atoms with van der Waals surface area (Å²) >= 11 is 0. The van der Waals surface area contributed by atoms with E-state index in [1.807, 2.05) is 36.4 Å². The molecule has 0 saturated heterocycles. The topological polar surface area (TPSA) is 86.1 Å². The van der Waals surface area contributed by atoms with Crippen molar-refractivity contribution in [1.29, 1.82) is 0 Å². The van der Waals surface area contributed by atoms with Gasteiger partial charge in [0.05, 0.1) is 26.2 Å². The lowest BCUT2D eigenvalue weighted by Crippen LogP contribution is -2.30. The lowest BCUT2D eigenvalue weighted by atomic mass is 10.1. The number of anilines is 2. The van der Waals surface area contributed by atoms with Crippen molar-refractivity contribution < 1.29 is 9.47 Å². The van der Waals surface area contributed by atoms with E-state index in [9.17, 15) is 0 Å². The maximum absolute atomic E-state index is 6.11. The molecule has 1 heterocycles. The highest BCUT2D eigenvalue weighted by atomic mass is 16.5. The summed E-state index contributed by atoms with van der Waals surface area (Å²) in [7, 11) is 3.24. The van der Waals surface area contributed by atoms with Crippen LogP contribution in [-0.2, 0) is 6.42 Å². The van der Waals surface area contributed by atoms with Gasteiger partial charge in [0.25, 0.3) is 0 Å². The van der Waals surface area contributed by atoms with E-state index >= 15 is 0 Å². The summed E-state index contributed by atoms with van der Waals surface area (Å²) in [6.45, 7) is 0.780. The van der Waals surface area contributed by atoms with Gasteiger partial charge in [0.2, 0.25) is 0 Å². The maximum Gasteiger partial charge on any atom is 0.162 e. The van der Waals surface area contributed by atoms with Crippen molar-refractivity contribution in [3.05, 3.63) is 47.5 Å². The molecule has 0 spiro atoms. The first-order valence-corrected chi connectivity index (χ1v) is 7.78. The van der Waals surface area contributed by atoms with Crippen LogP contribution in [0.15, 0.2) is 41.4 Å². The largest absolute Gasteiger partial charge is 0.493 e. The van der Waals surface area contributed by atoms with Crippen LogP contribution in [0.4, 0.5) is 11.4 Å². The standard InChI is InChI=1S/C18H22N4O2/c1-23-16-9-14-15(10-17(16)24-2)22(11-21-18(14)20)8-7-12-3-5-13(19)6-4-12/h3-6,9-11,18H,7-8,19-20H2,1-2H3. The lowest BCUT2D eigenvalue weighted by Gasteiger charge is -2.29. The number of fused-ring (bicyclic) bond motifs is 1. The Balaban J connectivity index is 1.85. The molecule has 6 heteroatoms. The SMILES string of the molecule is COc1cc2c(cc1OC)N(CCc1ccc(N)cc1)C=NC2N. The van der Waals surface area contributed by atoms with Crippen LogP contribution in [0.25, 0.3) is 0 Å². The average molecular weight is 326 g/mol. The van der Waals surface area contributed by atoms with Crippen LogP contribution in [-0.4, -0.2) is 27.1 Å². The van der Waals surface area contributed by atoms with Crippen molar-refractivity contribution >= 4 is 17.7 Å². The van der Waals surface area contributed by atoms with Gasteiger partial charge in [-0.3, -0.25) is 4.99 Å². The molecule has 0 radical (unpaired) electrons. The number of ether oxygens (including phenoxy) is 2. The molecule has 0 aliphatic carbocycles. The number of hydrogen-bond donors (Lipinski definition) is 2. The third-order valence-electron chi connectivity index (χ3n) is 4.15. The smallest absolute Gasteiger partial charge is 0.162 e. The van der Waals surface area contributed by atoms with Crippen molar-refractivity contribution in [2.75, 3.05) is 31.4 Å². The molecular weight excluding hydrogens is 304 g/mol. The van der Waals surface area contributed by atoms with Gasteiger partial charge in [0, 0.05) is 23.9 Å². The van der Waals surface area contributed by atoms with Crippen LogP contribution in [0, 0.1) is 0 Å². The van der Waals surface area contributed by atoms with E-state index in [2.05, 4.69) is 9.89 Å². The zero-order valence-electron chi connectivity index (χ0n) is 13.9.